The number of amides is 1. The first-order valence-electron chi connectivity index (χ1n) is 8.02. The van der Waals surface area contributed by atoms with E-state index in [1.807, 2.05) is 26.8 Å². The number of anilines is 1. The summed E-state index contributed by atoms with van der Waals surface area (Å²) in [5.74, 6) is -0.496. The molecule has 0 aliphatic carbocycles. The van der Waals surface area contributed by atoms with Crippen LogP contribution >= 0.6 is 0 Å². The van der Waals surface area contributed by atoms with E-state index in [4.69, 9.17) is 5.26 Å². The summed E-state index contributed by atoms with van der Waals surface area (Å²) in [6.07, 6.45) is 0. The molecule has 2 aromatic carbocycles. The molecule has 0 fully saturated rings. The number of nitrogens with one attached hydrogen (secondary N) is 2. The highest BCUT2D eigenvalue weighted by molar-refractivity contribution is 7.89. The Balaban J connectivity index is 1.98. The van der Waals surface area contributed by atoms with Gasteiger partial charge in [-0.15, -0.1) is 0 Å². The predicted molar refractivity (Wildman–Crippen MR) is 100 cm³/mol. The van der Waals surface area contributed by atoms with Crippen LogP contribution in [-0.4, -0.2) is 20.9 Å². The molecular weight excluding hydrogens is 350 g/mol. The third-order valence-electron chi connectivity index (χ3n) is 3.75. The number of carbonyl (C=O) groups is 1. The zero-order valence-electron chi connectivity index (χ0n) is 14.9. The third kappa shape index (κ3) is 5.15. The van der Waals surface area contributed by atoms with Gasteiger partial charge in [0, 0.05) is 5.69 Å². The molecule has 136 valence electrons. The van der Waals surface area contributed by atoms with Crippen LogP contribution in [0.15, 0.2) is 53.4 Å². The Labute approximate surface area is 153 Å². The SMILES string of the molecule is CC(C)(C)c1ccc(S(=O)(=O)NCC(=O)Nc2ccc(C#N)cc2)cc1. The van der Waals surface area contributed by atoms with E-state index in [1.54, 1.807) is 36.4 Å². The van der Waals surface area contributed by atoms with Gasteiger partial charge in [-0.1, -0.05) is 32.9 Å². The fraction of sp³-hybridized carbons (Fsp3) is 0.263. The molecule has 1 amide bonds. The monoisotopic (exact) mass is 371 g/mol. The van der Waals surface area contributed by atoms with Crippen LogP contribution in [-0.2, 0) is 20.2 Å². The van der Waals surface area contributed by atoms with Crippen molar-refractivity contribution in [2.24, 2.45) is 0 Å². The quantitative estimate of drug-likeness (QED) is 0.844. The molecule has 2 rings (SSSR count). The van der Waals surface area contributed by atoms with E-state index >= 15 is 0 Å². The molecule has 0 heterocycles. The minimum absolute atomic E-state index is 0.0727. The van der Waals surface area contributed by atoms with E-state index in [0.717, 1.165) is 5.56 Å². The molecule has 0 saturated heterocycles. The van der Waals surface area contributed by atoms with Crippen molar-refractivity contribution in [2.45, 2.75) is 31.1 Å². The van der Waals surface area contributed by atoms with Gasteiger partial charge in [-0.2, -0.15) is 5.26 Å². The second kappa shape index (κ2) is 7.68. The summed E-state index contributed by atoms with van der Waals surface area (Å²) in [6.45, 7) is 5.75. The minimum atomic E-state index is -3.77. The average molecular weight is 371 g/mol. The Hall–Kier alpha value is -2.69. The van der Waals surface area contributed by atoms with Crippen molar-refractivity contribution in [1.82, 2.24) is 4.72 Å². The van der Waals surface area contributed by atoms with E-state index in [1.165, 1.54) is 12.1 Å². The van der Waals surface area contributed by atoms with E-state index in [0.29, 0.717) is 11.3 Å². The first-order valence-corrected chi connectivity index (χ1v) is 9.50. The Kier molecular flexibility index (Phi) is 5.80. The maximum Gasteiger partial charge on any atom is 0.241 e. The molecule has 2 N–H and O–H groups in total. The van der Waals surface area contributed by atoms with Crippen LogP contribution in [0, 0.1) is 11.3 Å². The molecule has 0 aliphatic rings. The van der Waals surface area contributed by atoms with Crippen LogP contribution in [0.1, 0.15) is 31.9 Å². The minimum Gasteiger partial charge on any atom is -0.325 e. The van der Waals surface area contributed by atoms with Crippen LogP contribution in [0.3, 0.4) is 0 Å². The lowest BCUT2D eigenvalue weighted by molar-refractivity contribution is -0.115. The predicted octanol–water partition coefficient (Wildman–Crippen LogP) is 2.77. The van der Waals surface area contributed by atoms with Crippen molar-refractivity contribution in [1.29, 1.82) is 5.26 Å². The zero-order chi connectivity index (χ0) is 19.4. The summed E-state index contributed by atoms with van der Waals surface area (Å²) >= 11 is 0. The van der Waals surface area contributed by atoms with Crippen molar-refractivity contribution >= 4 is 21.6 Å². The normalized spacial score (nSPS) is 11.6. The number of carbonyl (C=O) groups excluding carboxylic acids is 1. The lowest BCUT2D eigenvalue weighted by atomic mass is 9.87. The van der Waals surface area contributed by atoms with Crippen molar-refractivity contribution < 1.29 is 13.2 Å². The maximum absolute atomic E-state index is 12.3. The molecular formula is C19H21N3O3S. The first kappa shape index (κ1) is 19.6. The molecule has 0 radical (unpaired) electrons. The van der Waals surface area contributed by atoms with Gasteiger partial charge in [0.15, 0.2) is 0 Å². The summed E-state index contributed by atoms with van der Waals surface area (Å²) in [5, 5.41) is 11.3. The highest BCUT2D eigenvalue weighted by Gasteiger charge is 2.18. The topological polar surface area (TPSA) is 99.1 Å². The van der Waals surface area contributed by atoms with Gasteiger partial charge < -0.3 is 5.32 Å². The second-order valence-corrected chi connectivity index (χ2v) is 8.60. The van der Waals surface area contributed by atoms with Gasteiger partial charge in [0.25, 0.3) is 0 Å². The summed E-state index contributed by atoms with van der Waals surface area (Å²) in [6, 6.07) is 14.9. The average Bonchev–Trinajstić information content (AvgIpc) is 2.60. The Bertz CT molecular complexity index is 920. The first-order chi connectivity index (χ1) is 12.1. The van der Waals surface area contributed by atoms with Crippen LogP contribution < -0.4 is 10.0 Å². The third-order valence-corrected chi connectivity index (χ3v) is 5.17. The maximum atomic E-state index is 12.3. The molecule has 6 nitrogen and oxygen atoms in total. The number of sulfonamides is 1. The van der Waals surface area contributed by atoms with Gasteiger partial charge in [0.2, 0.25) is 15.9 Å². The van der Waals surface area contributed by atoms with Gasteiger partial charge >= 0.3 is 0 Å². The van der Waals surface area contributed by atoms with Crippen LogP contribution in [0.2, 0.25) is 0 Å². The Morgan fingerprint density at radius 2 is 1.62 bits per heavy atom. The summed E-state index contributed by atoms with van der Waals surface area (Å²) < 4.78 is 26.9. The van der Waals surface area contributed by atoms with Crippen LogP contribution in [0.25, 0.3) is 0 Å². The molecule has 7 heteroatoms. The van der Waals surface area contributed by atoms with Crippen molar-refractivity contribution in [3.63, 3.8) is 0 Å². The summed E-state index contributed by atoms with van der Waals surface area (Å²) in [7, 11) is -3.77. The highest BCUT2D eigenvalue weighted by atomic mass is 32.2. The number of nitrogens with zero attached hydrogens (tertiary/aromatic N) is 1. The fourth-order valence-electron chi connectivity index (χ4n) is 2.21. The molecule has 0 aliphatic heterocycles. The number of hydrogen-bond donors (Lipinski definition) is 2. The Morgan fingerprint density at radius 3 is 2.12 bits per heavy atom. The molecule has 26 heavy (non-hydrogen) atoms. The van der Waals surface area contributed by atoms with Gasteiger partial charge in [-0.05, 0) is 47.4 Å². The van der Waals surface area contributed by atoms with E-state index < -0.39 is 15.9 Å². The van der Waals surface area contributed by atoms with Gasteiger partial charge in [-0.3, -0.25) is 4.79 Å². The van der Waals surface area contributed by atoms with E-state index in [9.17, 15) is 13.2 Å². The zero-order valence-corrected chi connectivity index (χ0v) is 15.7. The van der Waals surface area contributed by atoms with Crippen molar-refractivity contribution in [2.75, 3.05) is 11.9 Å². The molecule has 0 bridgehead atoms. The van der Waals surface area contributed by atoms with Gasteiger partial charge in [-0.25, -0.2) is 13.1 Å². The molecule has 2 aromatic rings. The molecule has 0 aromatic heterocycles. The largest absolute Gasteiger partial charge is 0.325 e. The number of hydrogen-bond acceptors (Lipinski definition) is 4. The van der Waals surface area contributed by atoms with E-state index in [-0.39, 0.29) is 16.9 Å². The standard InChI is InChI=1S/C19H21N3O3S/c1-19(2,3)15-6-10-17(11-7-15)26(24,25)21-13-18(23)22-16-8-4-14(12-20)5-9-16/h4-11,21H,13H2,1-3H3,(H,22,23). The molecule has 0 saturated carbocycles. The van der Waals surface area contributed by atoms with Crippen molar-refractivity contribution in [3.05, 3.63) is 59.7 Å². The summed E-state index contributed by atoms with van der Waals surface area (Å²) in [4.78, 5) is 12.0. The Morgan fingerprint density at radius 1 is 1.04 bits per heavy atom. The van der Waals surface area contributed by atoms with Crippen LogP contribution in [0.4, 0.5) is 5.69 Å². The molecule has 0 unspecified atom stereocenters. The molecule has 0 spiro atoms. The van der Waals surface area contributed by atoms with Crippen molar-refractivity contribution in [3.8, 4) is 6.07 Å². The van der Waals surface area contributed by atoms with Gasteiger partial charge in [0.05, 0.1) is 23.1 Å². The lowest BCUT2D eigenvalue weighted by Crippen LogP contribution is -2.32. The molecule has 0 atom stereocenters. The van der Waals surface area contributed by atoms with Gasteiger partial charge in [0.1, 0.15) is 0 Å². The van der Waals surface area contributed by atoms with Crippen LogP contribution in [0.5, 0.6) is 0 Å². The van der Waals surface area contributed by atoms with E-state index in [2.05, 4.69) is 10.0 Å². The lowest BCUT2D eigenvalue weighted by Gasteiger charge is -2.19. The number of rotatable bonds is 5. The smallest absolute Gasteiger partial charge is 0.241 e. The number of benzene rings is 2. The fourth-order valence-corrected chi connectivity index (χ4v) is 3.19. The summed E-state index contributed by atoms with van der Waals surface area (Å²) in [5.41, 5.74) is 1.91. The number of nitriles is 1. The second-order valence-electron chi connectivity index (χ2n) is 6.84. The highest BCUT2D eigenvalue weighted by Crippen LogP contribution is 2.23.